The van der Waals surface area contributed by atoms with E-state index in [0.29, 0.717) is 24.5 Å². The van der Waals surface area contributed by atoms with Crippen LogP contribution in [0.3, 0.4) is 0 Å². The summed E-state index contributed by atoms with van der Waals surface area (Å²) in [5.41, 5.74) is 4.57. The molecule has 1 aliphatic carbocycles. The predicted octanol–water partition coefficient (Wildman–Crippen LogP) is 6.94. The summed E-state index contributed by atoms with van der Waals surface area (Å²) in [6.07, 6.45) is 8.05. The van der Waals surface area contributed by atoms with Gasteiger partial charge in [0.15, 0.2) is 5.78 Å². The maximum absolute atomic E-state index is 13.1. The molecule has 2 heterocycles. The molecule has 5 rings (SSSR count). The third kappa shape index (κ3) is 5.30. The number of aliphatic imine (C=N–C) groups is 1. The molecule has 0 amide bonds. The van der Waals surface area contributed by atoms with E-state index in [1.807, 2.05) is 72.8 Å². The molecule has 0 fully saturated rings. The number of unbranched alkanes of at least 4 members (excludes halogenated alkanes) is 2. The van der Waals surface area contributed by atoms with Gasteiger partial charge in [-0.1, -0.05) is 32.8 Å². The van der Waals surface area contributed by atoms with Crippen LogP contribution in [0.4, 0.5) is 0 Å². The lowest BCUT2D eigenvalue weighted by atomic mass is 9.76. The zero-order valence-electron chi connectivity index (χ0n) is 21.9. The fourth-order valence-corrected chi connectivity index (χ4v) is 4.69. The van der Waals surface area contributed by atoms with Gasteiger partial charge in [-0.15, -0.1) is 0 Å². The van der Waals surface area contributed by atoms with Gasteiger partial charge in [-0.3, -0.25) is 9.79 Å². The van der Waals surface area contributed by atoms with E-state index in [1.54, 1.807) is 0 Å². The van der Waals surface area contributed by atoms with Crippen molar-refractivity contribution >= 4 is 17.1 Å². The second kappa shape index (κ2) is 11.5. The number of rotatable bonds is 12. The van der Waals surface area contributed by atoms with E-state index in [-0.39, 0.29) is 11.5 Å². The van der Waals surface area contributed by atoms with E-state index < -0.39 is 12.0 Å². The van der Waals surface area contributed by atoms with Gasteiger partial charge in [0.05, 0.1) is 36.2 Å². The number of benzene rings is 2. The highest BCUT2D eigenvalue weighted by Crippen LogP contribution is 2.41. The van der Waals surface area contributed by atoms with Gasteiger partial charge in [0.1, 0.15) is 23.2 Å². The summed E-state index contributed by atoms with van der Waals surface area (Å²) in [6.45, 7) is 5.69. The zero-order chi connectivity index (χ0) is 26.5. The van der Waals surface area contributed by atoms with Crippen molar-refractivity contribution in [3.63, 3.8) is 0 Å². The number of nitrogens with one attached hydrogen (secondary N) is 1. The third-order valence-electron chi connectivity index (χ3n) is 6.96. The van der Waals surface area contributed by atoms with E-state index in [9.17, 15) is 9.90 Å². The average molecular weight is 511 g/mol. The number of aromatic amines is 1. The zero-order valence-corrected chi connectivity index (χ0v) is 21.9. The van der Waals surface area contributed by atoms with Gasteiger partial charge < -0.3 is 19.6 Å². The third-order valence-corrected chi connectivity index (χ3v) is 6.96. The summed E-state index contributed by atoms with van der Waals surface area (Å²) in [6, 6.07) is 19.0. The smallest absolute Gasteiger partial charge is 0.181 e. The number of allylic oxidation sites excluding steroid dienone is 2. The van der Waals surface area contributed by atoms with Crippen molar-refractivity contribution in [1.29, 1.82) is 0 Å². The Morgan fingerprint density at radius 2 is 1.39 bits per heavy atom. The van der Waals surface area contributed by atoms with E-state index in [2.05, 4.69) is 18.8 Å². The van der Waals surface area contributed by atoms with Crippen LogP contribution < -0.4 is 9.47 Å². The summed E-state index contributed by atoms with van der Waals surface area (Å²) in [4.78, 5) is 21.1. The first-order chi connectivity index (χ1) is 18.6. The number of aliphatic hydroxyl groups excluding tert-OH is 1. The Balaban J connectivity index is 1.25. The van der Waals surface area contributed by atoms with Crippen molar-refractivity contribution in [3.05, 3.63) is 89.8 Å². The fraction of sp³-hybridized carbons (Fsp3) is 0.312. The van der Waals surface area contributed by atoms with Crippen LogP contribution in [0.1, 0.15) is 50.8 Å². The second-order valence-corrected chi connectivity index (χ2v) is 9.70. The maximum Gasteiger partial charge on any atom is 0.181 e. The molecule has 196 valence electrons. The Kier molecular flexibility index (Phi) is 7.78. The normalized spacial score (nSPS) is 18.5. The number of aromatic nitrogens is 1. The maximum atomic E-state index is 13.1. The Hall–Kier alpha value is -4.06. The molecule has 0 spiro atoms. The largest absolute Gasteiger partial charge is 0.511 e. The van der Waals surface area contributed by atoms with Gasteiger partial charge in [-0.2, -0.15) is 0 Å². The average Bonchev–Trinajstić information content (AvgIpc) is 3.61. The highest BCUT2D eigenvalue weighted by molar-refractivity contribution is 6.30. The summed E-state index contributed by atoms with van der Waals surface area (Å²) in [5, 5.41) is 10.9. The van der Waals surface area contributed by atoms with Crippen LogP contribution in [0.5, 0.6) is 11.5 Å². The van der Waals surface area contributed by atoms with Gasteiger partial charge in [0.25, 0.3) is 0 Å². The number of aliphatic hydroxyl groups is 1. The standard InChI is InChI=1S/C32H34N2O4/c1-3-5-19-37-23-11-7-21(8-12-23)25-15-17-27(33-25)29-31(35)30(32(29)36)28-18-16-26(34-28)22-9-13-24(14-10-22)38-20-6-4-2/h7-18,27,29,34-35H,3-6,19-20H2,1-2H3. The fourth-order valence-electron chi connectivity index (χ4n) is 4.69. The van der Waals surface area contributed by atoms with Crippen LogP contribution >= 0.6 is 0 Å². The van der Waals surface area contributed by atoms with Crippen molar-refractivity contribution in [2.75, 3.05) is 13.2 Å². The lowest BCUT2D eigenvalue weighted by Crippen LogP contribution is -2.37. The molecular formula is C32H34N2O4. The molecule has 6 heteroatoms. The number of H-pyrrole nitrogens is 1. The molecule has 6 nitrogen and oxygen atoms in total. The number of carbonyl (C=O) groups is 1. The molecule has 2 N–H and O–H groups in total. The monoisotopic (exact) mass is 510 g/mol. The van der Waals surface area contributed by atoms with Gasteiger partial charge >= 0.3 is 0 Å². The van der Waals surface area contributed by atoms with Crippen LogP contribution in [0.15, 0.2) is 83.6 Å². The van der Waals surface area contributed by atoms with Crippen molar-refractivity contribution in [1.82, 2.24) is 4.98 Å². The minimum atomic E-state index is -0.651. The topological polar surface area (TPSA) is 83.9 Å². The van der Waals surface area contributed by atoms with Crippen LogP contribution in [0, 0.1) is 5.92 Å². The van der Waals surface area contributed by atoms with Gasteiger partial charge in [0.2, 0.25) is 0 Å². The summed E-state index contributed by atoms with van der Waals surface area (Å²) >= 11 is 0. The highest BCUT2D eigenvalue weighted by Gasteiger charge is 2.45. The van der Waals surface area contributed by atoms with E-state index >= 15 is 0 Å². The number of hydrogen-bond donors (Lipinski definition) is 2. The highest BCUT2D eigenvalue weighted by atomic mass is 16.5. The second-order valence-electron chi connectivity index (χ2n) is 9.70. The number of Topliss-reactive ketones (excluding diaryl/α,β-unsaturated/α-hetero) is 1. The van der Waals surface area contributed by atoms with Crippen LogP contribution in [0.25, 0.3) is 16.8 Å². The molecule has 0 radical (unpaired) electrons. The molecule has 0 saturated heterocycles. The first-order valence-electron chi connectivity index (χ1n) is 13.5. The Morgan fingerprint density at radius 1 is 0.816 bits per heavy atom. The molecule has 0 saturated carbocycles. The molecule has 38 heavy (non-hydrogen) atoms. The lowest BCUT2D eigenvalue weighted by molar-refractivity contribution is -0.119. The quantitative estimate of drug-likeness (QED) is 0.259. The van der Waals surface area contributed by atoms with Crippen molar-refractivity contribution < 1.29 is 19.4 Å². The molecule has 2 aliphatic rings. The molecule has 2 unspecified atom stereocenters. The molecular weight excluding hydrogens is 476 g/mol. The summed E-state index contributed by atoms with van der Waals surface area (Å²) in [7, 11) is 0. The van der Waals surface area contributed by atoms with Crippen molar-refractivity contribution in [2.24, 2.45) is 10.9 Å². The first-order valence-corrected chi connectivity index (χ1v) is 13.5. The first kappa shape index (κ1) is 25.6. The molecule has 2 atom stereocenters. The van der Waals surface area contributed by atoms with E-state index in [0.717, 1.165) is 59.7 Å². The Labute approximate surface area is 223 Å². The van der Waals surface area contributed by atoms with Crippen molar-refractivity contribution in [2.45, 2.75) is 45.6 Å². The molecule has 0 bridgehead atoms. The predicted molar refractivity (Wildman–Crippen MR) is 151 cm³/mol. The Bertz CT molecular complexity index is 1360. The van der Waals surface area contributed by atoms with E-state index in [1.165, 1.54) is 0 Å². The Morgan fingerprint density at radius 3 is 1.97 bits per heavy atom. The minimum Gasteiger partial charge on any atom is -0.511 e. The minimum absolute atomic E-state index is 0.0856. The molecule has 3 aromatic rings. The van der Waals surface area contributed by atoms with Crippen LogP contribution in [-0.2, 0) is 4.79 Å². The number of ether oxygens (including phenoxy) is 2. The lowest BCUT2D eigenvalue weighted by Gasteiger charge is -2.29. The number of carbonyl (C=O) groups excluding carboxylic acids is 1. The van der Waals surface area contributed by atoms with Gasteiger partial charge in [-0.25, -0.2) is 0 Å². The molecule has 1 aliphatic heterocycles. The number of nitrogens with zero attached hydrogens (tertiary/aromatic N) is 1. The van der Waals surface area contributed by atoms with Crippen molar-refractivity contribution in [3.8, 4) is 22.8 Å². The van der Waals surface area contributed by atoms with E-state index in [4.69, 9.17) is 14.5 Å². The number of hydrogen-bond acceptors (Lipinski definition) is 5. The summed E-state index contributed by atoms with van der Waals surface area (Å²) < 4.78 is 11.5. The van der Waals surface area contributed by atoms with Gasteiger partial charge in [0, 0.05) is 5.69 Å². The molecule has 2 aromatic carbocycles. The molecule has 1 aromatic heterocycles. The number of ketones is 1. The summed E-state index contributed by atoms with van der Waals surface area (Å²) in [5.74, 6) is 1.01. The van der Waals surface area contributed by atoms with Crippen LogP contribution in [-0.4, -0.2) is 40.8 Å². The SMILES string of the molecule is CCCCOc1ccc(C2=NC(C3C(=O)C(c4ccc(-c5ccc(OCCCC)cc5)[nH]4)=C3O)C=C2)cc1. The van der Waals surface area contributed by atoms with Gasteiger partial charge in [-0.05, 0) is 90.7 Å². The van der Waals surface area contributed by atoms with Crippen LogP contribution in [0.2, 0.25) is 0 Å².